The Morgan fingerprint density at radius 3 is 2.30 bits per heavy atom. The number of hydrogen-bond donors (Lipinski definition) is 1. The first-order valence-corrected chi connectivity index (χ1v) is 8.13. The van der Waals surface area contributed by atoms with Crippen LogP contribution in [-0.2, 0) is 6.18 Å². The van der Waals surface area contributed by atoms with Gasteiger partial charge in [-0.3, -0.25) is 4.79 Å². The predicted molar refractivity (Wildman–Crippen MR) is 91.8 cm³/mol. The van der Waals surface area contributed by atoms with Crippen molar-refractivity contribution in [2.45, 2.75) is 26.1 Å². The number of nitrogens with one attached hydrogen (secondary N) is 1. The number of carbonyl (C=O) groups excluding carboxylic acids is 1. The van der Waals surface area contributed by atoms with E-state index in [9.17, 15) is 18.0 Å². The zero-order valence-corrected chi connectivity index (χ0v) is 14.5. The van der Waals surface area contributed by atoms with Crippen LogP contribution < -0.4 is 5.32 Å². The van der Waals surface area contributed by atoms with Crippen LogP contribution >= 0.6 is 0 Å². The van der Waals surface area contributed by atoms with Crippen molar-refractivity contribution in [3.8, 4) is 11.4 Å². The highest BCUT2D eigenvalue weighted by Crippen LogP contribution is 2.29. The smallest absolute Gasteiger partial charge is 0.341 e. The number of benzene rings is 2. The molecule has 5 nitrogen and oxygen atoms in total. The van der Waals surface area contributed by atoms with Crippen LogP contribution in [0.1, 0.15) is 40.3 Å². The Labute approximate surface area is 153 Å². The monoisotopic (exact) mass is 375 g/mol. The second kappa shape index (κ2) is 7.22. The molecule has 0 saturated carbocycles. The van der Waals surface area contributed by atoms with Crippen LogP contribution in [0.5, 0.6) is 0 Å². The third kappa shape index (κ3) is 4.33. The van der Waals surface area contributed by atoms with E-state index in [4.69, 9.17) is 4.52 Å². The van der Waals surface area contributed by atoms with Crippen molar-refractivity contribution >= 4 is 5.91 Å². The molecule has 0 radical (unpaired) electrons. The van der Waals surface area contributed by atoms with E-state index < -0.39 is 23.7 Å². The normalized spacial score (nSPS) is 12.6. The number of halogens is 3. The van der Waals surface area contributed by atoms with E-state index in [1.165, 1.54) is 0 Å². The van der Waals surface area contributed by atoms with E-state index >= 15 is 0 Å². The lowest BCUT2D eigenvalue weighted by atomic mass is 10.1. The minimum absolute atomic E-state index is 0.105. The molecular formula is C19H16F3N3O2. The number of hydrogen-bond acceptors (Lipinski definition) is 4. The molecule has 0 aliphatic carbocycles. The number of rotatable bonds is 4. The molecular weight excluding hydrogens is 359 g/mol. The van der Waals surface area contributed by atoms with Gasteiger partial charge in [0, 0.05) is 11.1 Å². The topological polar surface area (TPSA) is 68.0 Å². The largest absolute Gasteiger partial charge is 0.416 e. The van der Waals surface area contributed by atoms with E-state index in [0.717, 1.165) is 35.4 Å². The molecule has 0 saturated heterocycles. The molecule has 0 bridgehead atoms. The highest BCUT2D eigenvalue weighted by Gasteiger charge is 2.30. The zero-order valence-electron chi connectivity index (χ0n) is 14.5. The molecule has 0 spiro atoms. The molecule has 1 N–H and O–H groups in total. The van der Waals surface area contributed by atoms with Gasteiger partial charge in [0.2, 0.25) is 11.7 Å². The Balaban J connectivity index is 1.69. The molecule has 1 aromatic heterocycles. The Morgan fingerprint density at radius 1 is 1.07 bits per heavy atom. The summed E-state index contributed by atoms with van der Waals surface area (Å²) in [5, 5.41) is 6.52. The average Bonchev–Trinajstić information content (AvgIpc) is 3.12. The third-order valence-corrected chi connectivity index (χ3v) is 3.94. The van der Waals surface area contributed by atoms with E-state index in [1.807, 2.05) is 31.2 Å². The maximum Gasteiger partial charge on any atom is 0.416 e. The van der Waals surface area contributed by atoms with Crippen molar-refractivity contribution in [1.82, 2.24) is 15.5 Å². The van der Waals surface area contributed by atoms with Crippen LogP contribution in [-0.4, -0.2) is 16.0 Å². The molecule has 27 heavy (non-hydrogen) atoms. The summed E-state index contributed by atoms with van der Waals surface area (Å²) in [5.74, 6) is 0.0535. The Morgan fingerprint density at radius 2 is 1.70 bits per heavy atom. The lowest BCUT2D eigenvalue weighted by molar-refractivity contribution is -0.137. The summed E-state index contributed by atoms with van der Waals surface area (Å²) in [7, 11) is 0. The molecule has 0 aliphatic heterocycles. The van der Waals surface area contributed by atoms with Crippen LogP contribution in [0.3, 0.4) is 0 Å². The molecule has 3 rings (SSSR count). The van der Waals surface area contributed by atoms with Crippen LogP contribution in [0.2, 0.25) is 0 Å². The SMILES string of the molecule is Cc1ccc(-c2noc([C@@H](C)NC(=O)c3ccc(C(F)(F)F)cc3)n2)cc1. The fourth-order valence-corrected chi connectivity index (χ4v) is 2.38. The minimum Gasteiger partial charge on any atom is -0.341 e. The van der Waals surface area contributed by atoms with Gasteiger partial charge in [-0.05, 0) is 38.1 Å². The number of amides is 1. The zero-order chi connectivity index (χ0) is 19.6. The molecule has 0 fully saturated rings. The van der Waals surface area contributed by atoms with Gasteiger partial charge < -0.3 is 9.84 Å². The molecule has 3 aromatic rings. The summed E-state index contributed by atoms with van der Waals surface area (Å²) < 4.78 is 43.0. The fraction of sp³-hybridized carbons (Fsp3) is 0.211. The number of aromatic nitrogens is 2. The summed E-state index contributed by atoms with van der Waals surface area (Å²) in [6.45, 7) is 3.61. The summed E-state index contributed by atoms with van der Waals surface area (Å²) in [4.78, 5) is 16.5. The van der Waals surface area contributed by atoms with Crippen LogP contribution in [0.15, 0.2) is 53.1 Å². The number of aryl methyl sites for hydroxylation is 1. The second-order valence-electron chi connectivity index (χ2n) is 6.09. The maximum absolute atomic E-state index is 12.6. The number of carbonyl (C=O) groups is 1. The second-order valence-corrected chi connectivity index (χ2v) is 6.09. The molecule has 0 unspecified atom stereocenters. The molecule has 1 amide bonds. The van der Waals surface area contributed by atoms with Crippen molar-refractivity contribution in [2.75, 3.05) is 0 Å². The van der Waals surface area contributed by atoms with E-state index in [-0.39, 0.29) is 11.5 Å². The van der Waals surface area contributed by atoms with Gasteiger partial charge in [-0.1, -0.05) is 35.0 Å². The molecule has 1 atom stereocenters. The van der Waals surface area contributed by atoms with Gasteiger partial charge in [-0.15, -0.1) is 0 Å². The highest BCUT2D eigenvalue weighted by molar-refractivity contribution is 5.94. The van der Waals surface area contributed by atoms with Gasteiger partial charge in [0.1, 0.15) is 6.04 Å². The Bertz CT molecular complexity index is 932. The maximum atomic E-state index is 12.6. The van der Waals surface area contributed by atoms with Crippen molar-refractivity contribution < 1.29 is 22.5 Å². The molecule has 8 heteroatoms. The van der Waals surface area contributed by atoms with Gasteiger partial charge in [0.15, 0.2) is 0 Å². The van der Waals surface area contributed by atoms with E-state index in [0.29, 0.717) is 5.82 Å². The van der Waals surface area contributed by atoms with Gasteiger partial charge in [-0.25, -0.2) is 0 Å². The number of nitrogens with zero attached hydrogens (tertiary/aromatic N) is 2. The fourth-order valence-electron chi connectivity index (χ4n) is 2.38. The molecule has 1 heterocycles. The first-order valence-electron chi connectivity index (χ1n) is 8.13. The van der Waals surface area contributed by atoms with Crippen molar-refractivity contribution in [3.05, 3.63) is 71.1 Å². The quantitative estimate of drug-likeness (QED) is 0.726. The Hall–Kier alpha value is -3.16. The summed E-state index contributed by atoms with van der Waals surface area (Å²) in [6.07, 6.45) is -4.45. The number of alkyl halides is 3. The Kier molecular flexibility index (Phi) is 4.98. The first kappa shape index (κ1) is 18.6. The van der Waals surface area contributed by atoms with Crippen LogP contribution in [0, 0.1) is 6.92 Å². The lowest BCUT2D eigenvalue weighted by Gasteiger charge is -2.11. The van der Waals surface area contributed by atoms with Crippen molar-refractivity contribution in [3.63, 3.8) is 0 Å². The average molecular weight is 375 g/mol. The molecule has 2 aromatic carbocycles. The third-order valence-electron chi connectivity index (χ3n) is 3.94. The van der Waals surface area contributed by atoms with Gasteiger partial charge in [0.05, 0.1) is 5.56 Å². The van der Waals surface area contributed by atoms with Crippen LogP contribution in [0.4, 0.5) is 13.2 Å². The van der Waals surface area contributed by atoms with E-state index in [2.05, 4.69) is 15.5 Å². The predicted octanol–water partition coefficient (Wildman–Crippen LogP) is 4.55. The molecule has 140 valence electrons. The van der Waals surface area contributed by atoms with Gasteiger partial charge in [-0.2, -0.15) is 18.2 Å². The standard InChI is InChI=1S/C19H16F3N3O2/c1-11-3-5-13(6-4-11)16-24-18(27-25-16)12(2)23-17(26)14-7-9-15(10-8-14)19(20,21)22/h3-10,12H,1-2H3,(H,23,26)/t12-/m1/s1. The van der Waals surface area contributed by atoms with E-state index in [1.54, 1.807) is 6.92 Å². The highest BCUT2D eigenvalue weighted by atomic mass is 19.4. The van der Waals surface area contributed by atoms with Gasteiger partial charge in [0.25, 0.3) is 5.91 Å². The van der Waals surface area contributed by atoms with Crippen molar-refractivity contribution in [2.24, 2.45) is 0 Å². The minimum atomic E-state index is -4.45. The molecule has 0 aliphatic rings. The summed E-state index contributed by atoms with van der Waals surface area (Å²) in [6, 6.07) is 10.9. The first-order chi connectivity index (χ1) is 12.7. The summed E-state index contributed by atoms with van der Waals surface area (Å²) in [5.41, 5.74) is 1.16. The van der Waals surface area contributed by atoms with Gasteiger partial charge >= 0.3 is 6.18 Å². The van der Waals surface area contributed by atoms with Crippen LogP contribution in [0.25, 0.3) is 11.4 Å². The van der Waals surface area contributed by atoms with Crippen molar-refractivity contribution in [1.29, 1.82) is 0 Å². The summed E-state index contributed by atoms with van der Waals surface area (Å²) >= 11 is 0. The lowest BCUT2D eigenvalue weighted by Crippen LogP contribution is -2.26.